The first-order valence-electron chi connectivity index (χ1n) is 6.66. The monoisotopic (exact) mass is 279 g/mol. The van der Waals surface area contributed by atoms with Crippen molar-refractivity contribution in [2.75, 3.05) is 6.54 Å². The Hall–Kier alpha value is -1.20. The van der Waals surface area contributed by atoms with Gasteiger partial charge in [-0.15, -0.1) is 0 Å². The van der Waals surface area contributed by atoms with Crippen LogP contribution in [0.3, 0.4) is 0 Å². The predicted octanol–water partition coefficient (Wildman–Crippen LogP) is 1.47. The molecule has 4 nitrogen and oxygen atoms in total. The van der Waals surface area contributed by atoms with Crippen molar-refractivity contribution in [3.05, 3.63) is 29.8 Å². The summed E-state index contributed by atoms with van der Waals surface area (Å²) in [6, 6.07) is 6.93. The minimum atomic E-state index is -3.22. The lowest BCUT2D eigenvalue weighted by atomic mass is 9.95. The Morgan fingerprint density at radius 2 is 1.89 bits per heavy atom. The van der Waals surface area contributed by atoms with E-state index in [0.29, 0.717) is 4.90 Å². The van der Waals surface area contributed by atoms with E-state index >= 15 is 0 Å². The largest absolute Gasteiger partial charge is 0.309 e. The molecule has 0 aromatic heterocycles. The number of carbonyl (C=O) groups excluding carboxylic acids is 1. The van der Waals surface area contributed by atoms with Gasteiger partial charge in [-0.05, 0) is 37.4 Å². The summed E-state index contributed by atoms with van der Waals surface area (Å²) >= 11 is 0. The van der Waals surface area contributed by atoms with Crippen LogP contribution < -0.4 is 5.32 Å². The molecule has 1 saturated carbocycles. The lowest BCUT2D eigenvalue weighted by Gasteiger charge is -2.19. The quantitative estimate of drug-likeness (QED) is 0.848. The maximum Gasteiger partial charge on any atom is 0.181 e. The number of benzene rings is 1. The zero-order valence-electron chi connectivity index (χ0n) is 10.6. The van der Waals surface area contributed by atoms with Crippen LogP contribution >= 0.6 is 0 Å². The van der Waals surface area contributed by atoms with Gasteiger partial charge in [-0.25, -0.2) is 8.42 Å². The van der Waals surface area contributed by atoms with Crippen LogP contribution in [-0.2, 0) is 14.6 Å². The van der Waals surface area contributed by atoms with Gasteiger partial charge in [0.1, 0.15) is 6.29 Å². The Bertz CT molecular complexity index is 592. The van der Waals surface area contributed by atoms with Crippen molar-refractivity contribution < 1.29 is 13.2 Å². The van der Waals surface area contributed by atoms with E-state index in [0.717, 1.165) is 37.7 Å². The molecule has 3 rings (SSSR count). The number of carbonyl (C=O) groups is 1. The van der Waals surface area contributed by atoms with Gasteiger partial charge in [0.25, 0.3) is 0 Å². The first kappa shape index (κ1) is 12.8. The third-order valence-electron chi connectivity index (χ3n) is 3.97. The number of aldehydes is 1. The molecule has 1 saturated heterocycles. The molecule has 2 aliphatic rings. The average molecular weight is 279 g/mol. The Morgan fingerprint density at radius 3 is 2.58 bits per heavy atom. The van der Waals surface area contributed by atoms with Crippen molar-refractivity contribution in [1.29, 1.82) is 0 Å². The van der Waals surface area contributed by atoms with Crippen LogP contribution in [0.25, 0.3) is 0 Å². The van der Waals surface area contributed by atoms with E-state index in [9.17, 15) is 13.2 Å². The van der Waals surface area contributed by atoms with Crippen LogP contribution in [0.1, 0.15) is 30.9 Å². The van der Waals surface area contributed by atoms with Crippen molar-refractivity contribution in [1.82, 2.24) is 5.32 Å². The molecule has 0 unspecified atom stereocenters. The summed E-state index contributed by atoms with van der Waals surface area (Å²) in [4.78, 5) is 11.5. The maximum absolute atomic E-state index is 12.5. The van der Waals surface area contributed by atoms with Gasteiger partial charge in [-0.2, -0.15) is 0 Å². The molecule has 1 aromatic rings. The SMILES string of the molecule is O=C[C@H]1CCN[C@@H]1c1ccccc1S(=O)(=O)C1CC1. The highest BCUT2D eigenvalue weighted by atomic mass is 32.2. The lowest BCUT2D eigenvalue weighted by molar-refractivity contribution is -0.111. The fourth-order valence-electron chi connectivity index (χ4n) is 2.77. The van der Waals surface area contributed by atoms with E-state index < -0.39 is 9.84 Å². The molecule has 0 bridgehead atoms. The van der Waals surface area contributed by atoms with Crippen molar-refractivity contribution in [2.24, 2.45) is 5.92 Å². The molecule has 0 amide bonds. The second-order valence-electron chi connectivity index (χ2n) is 5.30. The third kappa shape index (κ3) is 2.21. The number of sulfone groups is 1. The molecule has 1 aliphatic heterocycles. The molecule has 1 aromatic carbocycles. The molecule has 1 N–H and O–H groups in total. The second-order valence-corrected chi connectivity index (χ2v) is 7.50. The highest BCUT2D eigenvalue weighted by molar-refractivity contribution is 7.92. The highest BCUT2D eigenvalue weighted by Gasteiger charge is 2.40. The number of hydrogen-bond acceptors (Lipinski definition) is 4. The summed E-state index contributed by atoms with van der Waals surface area (Å²) in [5.41, 5.74) is 0.754. The lowest BCUT2D eigenvalue weighted by Crippen LogP contribution is -2.22. The summed E-state index contributed by atoms with van der Waals surface area (Å²) in [6.45, 7) is 0.756. The van der Waals surface area contributed by atoms with Crippen LogP contribution in [0.2, 0.25) is 0 Å². The Kier molecular flexibility index (Phi) is 3.19. The fraction of sp³-hybridized carbons (Fsp3) is 0.500. The van der Waals surface area contributed by atoms with Gasteiger partial charge >= 0.3 is 0 Å². The Morgan fingerprint density at radius 1 is 1.16 bits per heavy atom. The van der Waals surface area contributed by atoms with E-state index in [4.69, 9.17) is 0 Å². The van der Waals surface area contributed by atoms with E-state index in [1.165, 1.54) is 0 Å². The topological polar surface area (TPSA) is 63.2 Å². The van der Waals surface area contributed by atoms with E-state index in [1.54, 1.807) is 12.1 Å². The summed E-state index contributed by atoms with van der Waals surface area (Å²) in [5.74, 6) is -0.129. The summed E-state index contributed by atoms with van der Waals surface area (Å²) in [5, 5.41) is 3.03. The zero-order valence-corrected chi connectivity index (χ0v) is 11.4. The molecule has 19 heavy (non-hydrogen) atoms. The van der Waals surface area contributed by atoms with Crippen LogP contribution in [0.5, 0.6) is 0 Å². The van der Waals surface area contributed by atoms with Gasteiger partial charge in [-0.3, -0.25) is 0 Å². The minimum absolute atomic E-state index is 0.129. The number of rotatable bonds is 4. The third-order valence-corrected chi connectivity index (χ3v) is 6.30. The van der Waals surface area contributed by atoms with Crippen molar-refractivity contribution >= 4 is 16.1 Å². The Balaban J connectivity index is 2.04. The van der Waals surface area contributed by atoms with Gasteiger partial charge in [0, 0.05) is 12.0 Å². The predicted molar refractivity (Wildman–Crippen MR) is 71.6 cm³/mol. The van der Waals surface area contributed by atoms with Gasteiger partial charge in [0.15, 0.2) is 9.84 Å². The minimum Gasteiger partial charge on any atom is -0.309 e. The maximum atomic E-state index is 12.5. The van der Waals surface area contributed by atoms with Gasteiger partial charge in [0.2, 0.25) is 0 Å². The first-order chi connectivity index (χ1) is 9.14. The van der Waals surface area contributed by atoms with Crippen LogP contribution in [0.15, 0.2) is 29.2 Å². The molecule has 1 aliphatic carbocycles. The molecule has 2 fully saturated rings. The normalized spacial score (nSPS) is 27.4. The van der Waals surface area contributed by atoms with E-state index in [2.05, 4.69) is 5.32 Å². The highest BCUT2D eigenvalue weighted by Crippen LogP contribution is 2.38. The summed E-state index contributed by atoms with van der Waals surface area (Å²) in [6.07, 6.45) is 3.22. The summed E-state index contributed by atoms with van der Waals surface area (Å²) < 4.78 is 24.9. The standard InChI is InChI=1S/C14H17NO3S/c16-9-10-7-8-15-14(10)12-3-1-2-4-13(12)19(17,18)11-5-6-11/h1-4,9-11,14-15H,5-8H2/t10-,14+/m1/s1. The van der Waals surface area contributed by atoms with E-state index in [1.807, 2.05) is 12.1 Å². The van der Waals surface area contributed by atoms with Crippen LogP contribution in [0, 0.1) is 5.92 Å². The average Bonchev–Trinajstić information content (AvgIpc) is 3.18. The molecule has 2 atom stereocenters. The summed E-state index contributed by atoms with van der Waals surface area (Å²) in [7, 11) is -3.22. The van der Waals surface area contributed by atoms with Gasteiger partial charge in [-0.1, -0.05) is 18.2 Å². The molecular formula is C14H17NO3S. The van der Waals surface area contributed by atoms with Crippen molar-refractivity contribution in [2.45, 2.75) is 35.4 Å². The van der Waals surface area contributed by atoms with Crippen LogP contribution in [-0.4, -0.2) is 26.5 Å². The number of nitrogens with one attached hydrogen (secondary N) is 1. The second kappa shape index (κ2) is 4.72. The fourth-order valence-corrected chi connectivity index (χ4v) is 4.67. The molecule has 5 heteroatoms. The van der Waals surface area contributed by atoms with E-state index in [-0.39, 0.29) is 17.2 Å². The number of hydrogen-bond donors (Lipinski definition) is 1. The molecule has 0 spiro atoms. The molecule has 102 valence electrons. The van der Waals surface area contributed by atoms with Crippen LogP contribution in [0.4, 0.5) is 0 Å². The molecular weight excluding hydrogens is 262 g/mol. The van der Waals surface area contributed by atoms with Gasteiger partial charge in [0.05, 0.1) is 10.1 Å². The molecule has 1 heterocycles. The smallest absolute Gasteiger partial charge is 0.181 e. The van der Waals surface area contributed by atoms with Crippen molar-refractivity contribution in [3.8, 4) is 0 Å². The Labute approximate surface area is 113 Å². The van der Waals surface area contributed by atoms with Gasteiger partial charge < -0.3 is 10.1 Å². The first-order valence-corrected chi connectivity index (χ1v) is 8.20. The molecule has 0 radical (unpaired) electrons. The van der Waals surface area contributed by atoms with Crippen molar-refractivity contribution in [3.63, 3.8) is 0 Å². The zero-order chi connectivity index (χ0) is 13.5.